The summed E-state index contributed by atoms with van der Waals surface area (Å²) in [5.74, 6) is -0.341. The summed E-state index contributed by atoms with van der Waals surface area (Å²) in [7, 11) is 0. The van der Waals surface area contributed by atoms with E-state index in [2.05, 4.69) is 0 Å². The van der Waals surface area contributed by atoms with Crippen molar-refractivity contribution in [3.05, 3.63) is 40.7 Å². The van der Waals surface area contributed by atoms with Gasteiger partial charge in [0.2, 0.25) is 0 Å². The number of nitrogens with zero attached hydrogens (tertiary/aromatic N) is 1. The van der Waals surface area contributed by atoms with E-state index in [4.69, 9.17) is 9.84 Å². The number of carboxylic acids is 1. The van der Waals surface area contributed by atoms with Crippen LogP contribution in [0.2, 0.25) is 0 Å². The van der Waals surface area contributed by atoms with Gasteiger partial charge in [-0.05, 0) is 32.0 Å². The van der Waals surface area contributed by atoms with Crippen molar-refractivity contribution in [1.29, 1.82) is 0 Å². The molecule has 0 amide bonds. The first kappa shape index (κ1) is 13.1. The minimum Gasteiger partial charge on any atom is -0.494 e. The molecular formula is C14H15NO4. The van der Waals surface area contributed by atoms with Crippen LogP contribution in [0.1, 0.15) is 19.9 Å². The first-order valence-electron chi connectivity index (χ1n) is 6.05. The van der Waals surface area contributed by atoms with Crippen molar-refractivity contribution in [2.75, 3.05) is 6.61 Å². The highest BCUT2D eigenvalue weighted by molar-refractivity contribution is 5.82. The van der Waals surface area contributed by atoms with Gasteiger partial charge >= 0.3 is 5.97 Å². The SMILES string of the molecule is CCOc1ccc2c(c1)c(=O)ccn2C(C)C(=O)O. The molecule has 0 aliphatic carbocycles. The molecule has 1 atom stereocenters. The number of ether oxygens (including phenoxy) is 1. The van der Waals surface area contributed by atoms with Gasteiger partial charge in [0, 0.05) is 17.6 Å². The molecule has 19 heavy (non-hydrogen) atoms. The molecule has 0 radical (unpaired) electrons. The first-order chi connectivity index (χ1) is 9.04. The zero-order valence-corrected chi connectivity index (χ0v) is 10.8. The Bertz CT molecular complexity index is 675. The average molecular weight is 261 g/mol. The van der Waals surface area contributed by atoms with Gasteiger partial charge in [0.05, 0.1) is 12.1 Å². The van der Waals surface area contributed by atoms with E-state index in [-0.39, 0.29) is 5.43 Å². The molecule has 0 aliphatic heterocycles. The zero-order valence-electron chi connectivity index (χ0n) is 10.8. The van der Waals surface area contributed by atoms with Crippen LogP contribution in [0, 0.1) is 0 Å². The van der Waals surface area contributed by atoms with Crippen molar-refractivity contribution in [1.82, 2.24) is 4.57 Å². The topological polar surface area (TPSA) is 68.5 Å². The van der Waals surface area contributed by atoms with E-state index in [0.717, 1.165) is 0 Å². The predicted molar refractivity (Wildman–Crippen MR) is 71.7 cm³/mol. The second-order valence-corrected chi connectivity index (χ2v) is 4.21. The Morgan fingerprint density at radius 2 is 2.16 bits per heavy atom. The van der Waals surface area contributed by atoms with Crippen LogP contribution >= 0.6 is 0 Å². The Balaban J connectivity index is 2.66. The monoisotopic (exact) mass is 261 g/mol. The maximum absolute atomic E-state index is 11.9. The number of carboxylic acid groups (broad SMARTS) is 1. The van der Waals surface area contributed by atoms with Crippen molar-refractivity contribution < 1.29 is 14.6 Å². The minimum absolute atomic E-state index is 0.148. The number of benzene rings is 1. The van der Waals surface area contributed by atoms with E-state index in [0.29, 0.717) is 23.3 Å². The fraction of sp³-hybridized carbons (Fsp3) is 0.286. The summed E-state index contributed by atoms with van der Waals surface area (Å²) in [6.07, 6.45) is 1.50. The van der Waals surface area contributed by atoms with Gasteiger partial charge in [0.15, 0.2) is 5.43 Å². The number of hydrogen-bond donors (Lipinski definition) is 1. The molecule has 2 aromatic rings. The average Bonchev–Trinajstić information content (AvgIpc) is 2.39. The van der Waals surface area contributed by atoms with Gasteiger partial charge in [-0.25, -0.2) is 4.79 Å². The molecule has 1 unspecified atom stereocenters. The summed E-state index contributed by atoms with van der Waals surface area (Å²) in [5.41, 5.74) is 0.441. The van der Waals surface area contributed by atoms with E-state index in [1.807, 2.05) is 6.92 Å². The summed E-state index contributed by atoms with van der Waals surface area (Å²) in [4.78, 5) is 22.9. The normalized spacial score (nSPS) is 12.3. The molecule has 5 heteroatoms. The smallest absolute Gasteiger partial charge is 0.326 e. The maximum Gasteiger partial charge on any atom is 0.326 e. The first-order valence-corrected chi connectivity index (χ1v) is 6.05. The van der Waals surface area contributed by atoms with Gasteiger partial charge in [0.25, 0.3) is 0 Å². The van der Waals surface area contributed by atoms with Crippen LogP contribution in [0.5, 0.6) is 5.75 Å². The lowest BCUT2D eigenvalue weighted by atomic mass is 10.1. The van der Waals surface area contributed by atoms with Gasteiger partial charge in [-0.2, -0.15) is 0 Å². The minimum atomic E-state index is -0.946. The Labute approximate surface area is 110 Å². The summed E-state index contributed by atoms with van der Waals surface area (Å²) in [6.45, 7) is 3.95. The number of aromatic nitrogens is 1. The molecule has 2 rings (SSSR count). The maximum atomic E-state index is 11.9. The number of fused-ring (bicyclic) bond motifs is 1. The van der Waals surface area contributed by atoms with Gasteiger partial charge in [-0.3, -0.25) is 4.79 Å². The zero-order chi connectivity index (χ0) is 14.0. The number of carbonyl (C=O) groups is 1. The largest absolute Gasteiger partial charge is 0.494 e. The van der Waals surface area contributed by atoms with E-state index < -0.39 is 12.0 Å². The third kappa shape index (κ3) is 2.45. The van der Waals surface area contributed by atoms with Gasteiger partial charge < -0.3 is 14.4 Å². The fourth-order valence-electron chi connectivity index (χ4n) is 1.97. The van der Waals surface area contributed by atoms with E-state index >= 15 is 0 Å². The number of rotatable bonds is 4. The highest BCUT2D eigenvalue weighted by atomic mass is 16.5. The molecule has 0 saturated carbocycles. The Morgan fingerprint density at radius 1 is 1.42 bits per heavy atom. The van der Waals surface area contributed by atoms with E-state index in [1.54, 1.807) is 29.7 Å². The Morgan fingerprint density at radius 3 is 2.79 bits per heavy atom. The Hall–Kier alpha value is -2.30. The fourth-order valence-corrected chi connectivity index (χ4v) is 1.97. The Kier molecular flexibility index (Phi) is 3.55. The highest BCUT2D eigenvalue weighted by Gasteiger charge is 2.15. The summed E-state index contributed by atoms with van der Waals surface area (Å²) < 4.78 is 6.92. The molecule has 0 bridgehead atoms. The van der Waals surface area contributed by atoms with E-state index in [1.165, 1.54) is 12.3 Å². The number of hydrogen-bond acceptors (Lipinski definition) is 3. The van der Waals surface area contributed by atoms with Crippen molar-refractivity contribution in [2.24, 2.45) is 0 Å². The van der Waals surface area contributed by atoms with Gasteiger partial charge in [0.1, 0.15) is 11.8 Å². The standard InChI is InChI=1S/C14H15NO4/c1-3-19-10-4-5-12-11(8-10)13(16)6-7-15(12)9(2)14(17)18/h4-9H,3H2,1-2H3,(H,17,18). The van der Waals surface area contributed by atoms with Crippen molar-refractivity contribution in [2.45, 2.75) is 19.9 Å². The van der Waals surface area contributed by atoms with Crippen molar-refractivity contribution >= 4 is 16.9 Å². The molecule has 0 fully saturated rings. The lowest BCUT2D eigenvalue weighted by Gasteiger charge is -2.15. The van der Waals surface area contributed by atoms with E-state index in [9.17, 15) is 9.59 Å². The molecule has 1 aromatic heterocycles. The van der Waals surface area contributed by atoms with Crippen LogP contribution in [0.4, 0.5) is 0 Å². The van der Waals surface area contributed by atoms with Crippen LogP contribution in [0.3, 0.4) is 0 Å². The summed E-state index contributed by atoms with van der Waals surface area (Å²) in [5, 5.41) is 9.54. The van der Waals surface area contributed by atoms with Crippen LogP contribution in [-0.4, -0.2) is 22.2 Å². The molecule has 0 aliphatic rings. The van der Waals surface area contributed by atoms with Gasteiger partial charge in [-0.15, -0.1) is 0 Å². The van der Waals surface area contributed by atoms with Crippen LogP contribution < -0.4 is 10.2 Å². The lowest BCUT2D eigenvalue weighted by molar-refractivity contribution is -0.140. The molecule has 100 valence electrons. The summed E-state index contributed by atoms with van der Waals surface area (Å²) >= 11 is 0. The molecule has 0 spiro atoms. The second kappa shape index (κ2) is 5.14. The third-order valence-corrected chi connectivity index (χ3v) is 2.98. The molecule has 1 aromatic carbocycles. The van der Waals surface area contributed by atoms with Crippen LogP contribution in [0.25, 0.3) is 10.9 Å². The molecule has 1 N–H and O–H groups in total. The number of pyridine rings is 1. The highest BCUT2D eigenvalue weighted by Crippen LogP contribution is 2.21. The number of aliphatic carboxylic acids is 1. The molecule has 0 saturated heterocycles. The lowest BCUT2D eigenvalue weighted by Crippen LogP contribution is -2.18. The second-order valence-electron chi connectivity index (χ2n) is 4.21. The predicted octanol–water partition coefficient (Wildman–Crippen LogP) is 2.05. The third-order valence-electron chi connectivity index (χ3n) is 2.98. The van der Waals surface area contributed by atoms with Gasteiger partial charge in [-0.1, -0.05) is 0 Å². The van der Waals surface area contributed by atoms with Crippen LogP contribution in [-0.2, 0) is 4.79 Å². The molecule has 1 heterocycles. The summed E-state index contributed by atoms with van der Waals surface area (Å²) in [6, 6.07) is 5.72. The molecular weight excluding hydrogens is 246 g/mol. The van der Waals surface area contributed by atoms with Crippen LogP contribution in [0.15, 0.2) is 35.3 Å². The van der Waals surface area contributed by atoms with Crippen molar-refractivity contribution in [3.8, 4) is 5.75 Å². The van der Waals surface area contributed by atoms with Crippen molar-refractivity contribution in [3.63, 3.8) is 0 Å². The molecule has 5 nitrogen and oxygen atoms in total. The quantitative estimate of drug-likeness (QED) is 0.914.